The summed E-state index contributed by atoms with van der Waals surface area (Å²) in [6.07, 6.45) is 0.791. The van der Waals surface area contributed by atoms with Crippen molar-refractivity contribution >= 4 is 9.51 Å². The third-order valence-corrected chi connectivity index (χ3v) is 3.07. The number of carbonyl (C=O) groups is 1. The van der Waals surface area contributed by atoms with Crippen LogP contribution < -0.4 is 4.74 Å². The van der Waals surface area contributed by atoms with Crippen molar-refractivity contribution in [1.82, 2.24) is 0 Å². The Balaban J connectivity index is 2.64. The molecule has 3 heteroatoms. The summed E-state index contributed by atoms with van der Waals surface area (Å²) in [6, 6.07) is 5.75. The van der Waals surface area contributed by atoms with Crippen LogP contribution in [0.2, 0.25) is 0 Å². The van der Waals surface area contributed by atoms with Crippen LogP contribution in [0.25, 0.3) is 0 Å². The van der Waals surface area contributed by atoms with E-state index in [1.165, 1.54) is 20.6 Å². The zero-order chi connectivity index (χ0) is 9.42. The zero-order valence-corrected chi connectivity index (χ0v) is 9.40. The first-order chi connectivity index (χ1) is 6.24. The van der Waals surface area contributed by atoms with Crippen LogP contribution in [-0.4, -0.2) is 16.6 Å². The Morgan fingerprint density at radius 3 is 2.92 bits per heavy atom. The minimum atomic E-state index is 0.154. The summed E-state index contributed by atoms with van der Waals surface area (Å²) in [4.78, 5) is 11.7. The molecule has 2 nitrogen and oxygen atoms in total. The number of hydrogen-bond donors (Lipinski definition) is 0. The summed E-state index contributed by atoms with van der Waals surface area (Å²) < 4.78 is 6.10. The maximum atomic E-state index is 11.7. The fourth-order valence-electron chi connectivity index (χ4n) is 1.56. The van der Waals surface area contributed by atoms with Crippen LogP contribution in [0, 0.1) is 0 Å². The third-order valence-electron chi connectivity index (χ3n) is 2.18. The Bertz CT molecular complexity index is 396. The van der Waals surface area contributed by atoms with Crippen LogP contribution in [-0.2, 0) is 27.0 Å². The van der Waals surface area contributed by atoms with Crippen molar-refractivity contribution in [3.05, 3.63) is 29.3 Å². The van der Waals surface area contributed by atoms with Gasteiger partial charge in [0, 0.05) is 0 Å². The van der Waals surface area contributed by atoms with Gasteiger partial charge in [-0.15, -0.1) is 0 Å². The van der Waals surface area contributed by atoms with Crippen LogP contribution in [0.5, 0.6) is 5.75 Å². The van der Waals surface area contributed by atoms with Gasteiger partial charge < -0.3 is 0 Å². The van der Waals surface area contributed by atoms with Gasteiger partial charge in [0.15, 0.2) is 0 Å². The molecule has 0 fully saturated rings. The molecule has 0 amide bonds. The fraction of sp³-hybridized carbons (Fsp3) is 0.200. The molecule has 2 rings (SSSR count). The van der Waals surface area contributed by atoms with E-state index in [9.17, 15) is 4.79 Å². The van der Waals surface area contributed by atoms with Crippen LogP contribution in [0.4, 0.5) is 0 Å². The van der Waals surface area contributed by atoms with Gasteiger partial charge in [-0.1, -0.05) is 0 Å². The predicted molar refractivity (Wildman–Crippen MR) is 46.0 cm³/mol. The van der Waals surface area contributed by atoms with Crippen molar-refractivity contribution in [2.24, 2.45) is 0 Å². The number of benzene rings is 1. The molecule has 1 aliphatic rings. The SMILES string of the molecule is COc1cccc2c1C(=O)[C](=[Nb])C2. The van der Waals surface area contributed by atoms with E-state index in [1.807, 2.05) is 18.2 Å². The molecule has 0 aromatic heterocycles. The quantitative estimate of drug-likeness (QED) is 0.702. The van der Waals surface area contributed by atoms with Gasteiger partial charge in [-0.25, -0.2) is 0 Å². The first-order valence-corrected chi connectivity index (χ1v) is 5.09. The van der Waals surface area contributed by atoms with Crippen molar-refractivity contribution in [3.63, 3.8) is 0 Å². The molecule has 0 radical (unpaired) electrons. The van der Waals surface area contributed by atoms with E-state index in [4.69, 9.17) is 4.74 Å². The average Bonchev–Trinajstić information content (AvgIpc) is 2.43. The van der Waals surface area contributed by atoms with Gasteiger partial charge in [0.05, 0.1) is 0 Å². The van der Waals surface area contributed by atoms with Gasteiger partial charge in [-0.05, 0) is 0 Å². The zero-order valence-electron chi connectivity index (χ0n) is 7.20. The summed E-state index contributed by atoms with van der Waals surface area (Å²) in [5, 5.41) is 0. The Morgan fingerprint density at radius 2 is 2.23 bits per heavy atom. The second-order valence-corrected chi connectivity index (χ2v) is 4.27. The summed E-state index contributed by atoms with van der Waals surface area (Å²) >= 11 is 1.51. The summed E-state index contributed by atoms with van der Waals surface area (Å²) in [6.45, 7) is 0. The first-order valence-electron chi connectivity index (χ1n) is 3.99. The molecule has 0 unspecified atom stereocenters. The Labute approximate surface area is 88.3 Å². The Kier molecular flexibility index (Phi) is 2.20. The number of hydrogen-bond acceptors (Lipinski definition) is 2. The topological polar surface area (TPSA) is 26.3 Å². The molecule has 0 aliphatic heterocycles. The summed E-state index contributed by atoms with van der Waals surface area (Å²) in [5.74, 6) is 0.856. The monoisotopic (exact) mass is 253 g/mol. The number of carbonyl (C=O) groups excluding carboxylic acids is 1. The Hall–Kier alpha value is -0.700. The number of ketones is 1. The summed E-state index contributed by atoms with van der Waals surface area (Å²) in [5.41, 5.74) is 1.86. The Morgan fingerprint density at radius 1 is 1.46 bits per heavy atom. The third kappa shape index (κ3) is 1.31. The van der Waals surface area contributed by atoms with Crippen molar-refractivity contribution in [1.29, 1.82) is 0 Å². The number of ether oxygens (including phenoxy) is 1. The van der Waals surface area contributed by atoms with E-state index in [1.54, 1.807) is 7.11 Å². The van der Waals surface area contributed by atoms with Crippen LogP contribution in [0.1, 0.15) is 15.9 Å². The van der Waals surface area contributed by atoms with E-state index in [0.29, 0.717) is 5.75 Å². The number of Topliss-reactive ketones (excluding diaryl/α,β-unsaturated/α-hetero) is 1. The van der Waals surface area contributed by atoms with Crippen LogP contribution in [0.3, 0.4) is 0 Å². The van der Waals surface area contributed by atoms with Gasteiger partial charge >= 0.3 is 88.2 Å². The maximum absolute atomic E-state index is 11.7. The average molecular weight is 253 g/mol. The standard InChI is InChI=1S/C10H8O2.Nb/c1-12-9-4-2-3-7-5-6-8(11)10(7)9;/h2-4H,5H2,1H3;. The second-order valence-electron chi connectivity index (χ2n) is 2.95. The van der Waals surface area contributed by atoms with Crippen LogP contribution >= 0.6 is 0 Å². The first kappa shape index (κ1) is 8.88. The van der Waals surface area contributed by atoms with Crippen molar-refractivity contribution in [2.45, 2.75) is 6.42 Å². The van der Waals surface area contributed by atoms with E-state index in [2.05, 4.69) is 0 Å². The molecular formula is C10H8NbO2. The fourth-order valence-corrected chi connectivity index (χ4v) is 2.25. The van der Waals surface area contributed by atoms with E-state index in [0.717, 1.165) is 21.3 Å². The van der Waals surface area contributed by atoms with E-state index in [-0.39, 0.29) is 5.78 Å². The molecule has 1 aliphatic carbocycles. The van der Waals surface area contributed by atoms with Crippen molar-refractivity contribution < 1.29 is 30.1 Å². The number of fused-ring (bicyclic) bond motifs is 1. The molecule has 0 N–H and O–H groups in total. The normalized spacial score (nSPS) is 14.5. The molecule has 1 aromatic carbocycles. The summed E-state index contributed by atoms with van der Waals surface area (Å²) in [7, 11) is 1.60. The molecule has 0 bridgehead atoms. The second kappa shape index (κ2) is 3.22. The number of rotatable bonds is 1. The van der Waals surface area contributed by atoms with Gasteiger partial charge in [0.1, 0.15) is 0 Å². The van der Waals surface area contributed by atoms with Crippen LogP contribution in [0.15, 0.2) is 18.2 Å². The minimum absolute atomic E-state index is 0.154. The molecule has 13 heavy (non-hydrogen) atoms. The molecule has 0 heterocycles. The van der Waals surface area contributed by atoms with Crippen molar-refractivity contribution in [3.8, 4) is 5.75 Å². The van der Waals surface area contributed by atoms with Gasteiger partial charge in [-0.3, -0.25) is 0 Å². The van der Waals surface area contributed by atoms with Gasteiger partial charge in [-0.2, -0.15) is 0 Å². The molecule has 0 saturated heterocycles. The van der Waals surface area contributed by atoms with E-state index < -0.39 is 0 Å². The molecule has 1 aromatic rings. The number of methoxy groups -OCH3 is 1. The van der Waals surface area contributed by atoms with E-state index >= 15 is 0 Å². The van der Waals surface area contributed by atoms with Gasteiger partial charge in [0.25, 0.3) is 0 Å². The molecule has 0 saturated carbocycles. The van der Waals surface area contributed by atoms with Gasteiger partial charge in [0.2, 0.25) is 0 Å². The molecule has 65 valence electrons. The predicted octanol–water partition coefficient (Wildman–Crippen LogP) is 1.15. The molecule has 0 spiro atoms. The molecular weight excluding hydrogens is 245 g/mol. The molecule has 0 atom stereocenters. The van der Waals surface area contributed by atoms with Crippen molar-refractivity contribution in [2.75, 3.05) is 7.11 Å².